The van der Waals surface area contributed by atoms with Crippen LogP contribution in [-0.2, 0) is 19.1 Å². The van der Waals surface area contributed by atoms with E-state index in [1.54, 1.807) is 101 Å². The fourth-order valence-corrected chi connectivity index (χ4v) is 4.20. The number of anilines is 4. The Morgan fingerprint density at radius 2 is 0.886 bits per heavy atom. The maximum absolute atomic E-state index is 13.9. The average Bonchev–Trinajstić information content (AvgIpc) is 3.01. The van der Waals surface area contributed by atoms with Crippen molar-refractivity contribution in [3.05, 3.63) is 109 Å². The lowest BCUT2D eigenvalue weighted by Crippen LogP contribution is -2.48. The molecular weight excluding hydrogens is 560 g/mol. The molecule has 0 saturated carbocycles. The number of hydrogen-bond donors (Lipinski definition) is 0. The number of urea groups is 2. The maximum atomic E-state index is 13.9. The molecule has 0 aromatic heterocycles. The Hall–Kier alpha value is -5.38. The summed E-state index contributed by atoms with van der Waals surface area (Å²) in [6.45, 7) is 13.5. The van der Waals surface area contributed by atoms with Crippen molar-refractivity contribution in [3.63, 3.8) is 0 Å². The summed E-state index contributed by atoms with van der Waals surface area (Å²) < 4.78 is 11.0. The van der Waals surface area contributed by atoms with Crippen molar-refractivity contribution in [2.75, 3.05) is 33.7 Å². The van der Waals surface area contributed by atoms with Crippen LogP contribution in [0, 0.1) is 0 Å². The van der Waals surface area contributed by atoms with Gasteiger partial charge in [0, 0.05) is 48.0 Å². The minimum absolute atomic E-state index is 0.208. The van der Waals surface area contributed by atoms with Crippen LogP contribution in [0.1, 0.15) is 27.7 Å². The number of carbonyl (C=O) groups is 4. The average molecular weight is 599 g/mol. The summed E-state index contributed by atoms with van der Waals surface area (Å²) in [6, 6.07) is 23.6. The van der Waals surface area contributed by atoms with Crippen molar-refractivity contribution in [1.82, 2.24) is 0 Å². The minimum atomic E-state index is -0.952. The molecule has 3 aromatic rings. The van der Waals surface area contributed by atoms with Gasteiger partial charge in [-0.2, -0.15) is 0 Å². The van der Waals surface area contributed by atoms with Crippen molar-refractivity contribution in [3.8, 4) is 0 Å². The summed E-state index contributed by atoms with van der Waals surface area (Å²) in [4.78, 5) is 57.9. The Labute approximate surface area is 258 Å². The Morgan fingerprint density at radius 1 is 0.568 bits per heavy atom. The van der Waals surface area contributed by atoms with Crippen molar-refractivity contribution < 1.29 is 28.7 Å². The fourth-order valence-electron chi connectivity index (χ4n) is 4.20. The molecule has 0 heterocycles. The molecule has 0 radical (unpaired) electrons. The van der Waals surface area contributed by atoms with Crippen molar-refractivity contribution in [2.24, 2.45) is 0 Å². The molecular formula is C34H38N4O6. The van der Waals surface area contributed by atoms with E-state index in [0.717, 1.165) is 0 Å². The molecule has 0 fully saturated rings. The van der Waals surface area contributed by atoms with Crippen molar-refractivity contribution in [2.45, 2.75) is 40.2 Å². The largest absolute Gasteiger partial charge is 0.438 e. The maximum Gasteiger partial charge on any atom is 0.335 e. The zero-order valence-electron chi connectivity index (χ0n) is 25.9. The van der Waals surface area contributed by atoms with E-state index in [-0.39, 0.29) is 11.1 Å². The normalized spacial score (nSPS) is 11.8. The fraction of sp³-hybridized carbons (Fsp3) is 0.235. The molecule has 2 atom stereocenters. The summed E-state index contributed by atoms with van der Waals surface area (Å²) in [5.74, 6) is -1.25. The third-order valence-electron chi connectivity index (χ3n) is 6.64. The lowest BCUT2D eigenvalue weighted by molar-refractivity contribution is -0.143. The second kappa shape index (κ2) is 14.7. The molecule has 3 rings (SSSR count). The summed E-state index contributed by atoms with van der Waals surface area (Å²) in [5, 5.41) is 0. The highest BCUT2D eigenvalue weighted by Gasteiger charge is 2.31. The van der Waals surface area contributed by atoms with Crippen LogP contribution in [0.5, 0.6) is 0 Å². The van der Waals surface area contributed by atoms with Gasteiger partial charge in [-0.3, -0.25) is 19.6 Å². The quantitative estimate of drug-likeness (QED) is 0.146. The minimum Gasteiger partial charge on any atom is -0.438 e. The van der Waals surface area contributed by atoms with E-state index in [1.165, 1.54) is 33.4 Å². The van der Waals surface area contributed by atoms with Gasteiger partial charge in [0.15, 0.2) is 12.5 Å². The molecule has 0 aliphatic rings. The second-order valence-corrected chi connectivity index (χ2v) is 10.2. The topological polar surface area (TPSA) is 99.7 Å². The molecule has 0 N–H and O–H groups in total. The Balaban J connectivity index is 1.93. The molecule has 0 bridgehead atoms. The number of nitrogens with zero attached hydrogens (tertiary/aromatic N) is 4. The van der Waals surface area contributed by atoms with Gasteiger partial charge in [0.2, 0.25) is 0 Å². The van der Waals surface area contributed by atoms with E-state index in [2.05, 4.69) is 13.2 Å². The first-order chi connectivity index (χ1) is 20.8. The van der Waals surface area contributed by atoms with E-state index >= 15 is 0 Å². The van der Waals surface area contributed by atoms with Crippen LogP contribution in [0.4, 0.5) is 32.3 Å². The highest BCUT2D eigenvalue weighted by atomic mass is 16.6. The second-order valence-electron chi connectivity index (χ2n) is 10.2. The van der Waals surface area contributed by atoms with Gasteiger partial charge in [-0.1, -0.05) is 55.6 Å². The highest BCUT2D eigenvalue weighted by Crippen LogP contribution is 2.28. The van der Waals surface area contributed by atoms with E-state index < -0.39 is 36.5 Å². The van der Waals surface area contributed by atoms with Crippen LogP contribution in [0.15, 0.2) is 109 Å². The van der Waals surface area contributed by atoms with Gasteiger partial charge < -0.3 is 9.47 Å². The first kappa shape index (κ1) is 33.1. The Morgan fingerprint density at radius 3 is 1.20 bits per heavy atom. The van der Waals surface area contributed by atoms with E-state index in [0.29, 0.717) is 22.7 Å². The predicted octanol–water partition coefficient (Wildman–Crippen LogP) is 6.74. The third kappa shape index (κ3) is 7.91. The number of hydrogen-bond acceptors (Lipinski definition) is 6. The number of carbonyl (C=O) groups excluding carboxylic acids is 4. The molecule has 0 saturated heterocycles. The van der Waals surface area contributed by atoms with Crippen LogP contribution in [0.3, 0.4) is 0 Å². The van der Waals surface area contributed by atoms with Gasteiger partial charge in [-0.05, 0) is 70.2 Å². The number of esters is 2. The third-order valence-corrected chi connectivity index (χ3v) is 6.64. The lowest BCUT2D eigenvalue weighted by atomic mass is 10.2. The number of amides is 4. The van der Waals surface area contributed by atoms with Crippen LogP contribution in [-0.4, -0.2) is 50.6 Å². The summed E-state index contributed by atoms with van der Waals surface area (Å²) in [5.41, 5.74) is 2.40. The molecule has 10 nitrogen and oxygen atoms in total. The smallest absolute Gasteiger partial charge is 0.335 e. The van der Waals surface area contributed by atoms with Crippen LogP contribution >= 0.6 is 0 Å². The first-order valence-corrected chi connectivity index (χ1v) is 13.9. The highest BCUT2D eigenvalue weighted by molar-refractivity contribution is 6.06. The molecule has 4 amide bonds. The number of ether oxygens (including phenoxy) is 2. The summed E-state index contributed by atoms with van der Waals surface area (Å²) in [6.07, 6.45) is -1.90. The predicted molar refractivity (Wildman–Crippen MR) is 173 cm³/mol. The van der Waals surface area contributed by atoms with Crippen molar-refractivity contribution >= 4 is 46.8 Å². The van der Waals surface area contributed by atoms with Gasteiger partial charge in [-0.25, -0.2) is 19.2 Å². The molecule has 0 aliphatic carbocycles. The number of rotatable bonds is 10. The van der Waals surface area contributed by atoms with Gasteiger partial charge in [-0.15, -0.1) is 0 Å². The molecule has 0 spiro atoms. The van der Waals surface area contributed by atoms with Gasteiger partial charge in [0.05, 0.1) is 0 Å². The standard InChI is InChI=1S/C34H38N4O6/c1-23(2)31(39)43-25(5)37(27-16-11-9-12-17-27)33(41)35(7)29-20-15-21-30(22-29)36(8)34(42)38(28-18-13-10-14-19-28)26(6)44-32(40)24(3)4/h9-22,25-26H,1,3H2,2,4-8H3. The molecule has 0 aliphatic heterocycles. The molecule has 10 heteroatoms. The Bertz CT molecular complexity index is 1410. The molecule has 3 aromatic carbocycles. The van der Waals surface area contributed by atoms with Crippen molar-refractivity contribution in [1.29, 1.82) is 0 Å². The van der Waals surface area contributed by atoms with E-state index in [9.17, 15) is 19.2 Å². The van der Waals surface area contributed by atoms with Crippen LogP contribution < -0.4 is 19.6 Å². The Kier molecular flexibility index (Phi) is 11.1. The zero-order valence-corrected chi connectivity index (χ0v) is 25.9. The molecule has 230 valence electrons. The van der Waals surface area contributed by atoms with Crippen LogP contribution in [0.25, 0.3) is 0 Å². The van der Waals surface area contributed by atoms with E-state index in [4.69, 9.17) is 9.47 Å². The summed E-state index contributed by atoms with van der Waals surface area (Å²) in [7, 11) is 3.17. The zero-order chi connectivity index (χ0) is 32.6. The SMILES string of the molecule is C=C(C)C(=O)OC(C)N(C(=O)N(C)c1cccc(N(C)C(=O)N(c2ccccc2)C(C)OC(=O)C(=C)C)c1)c1ccccc1. The molecule has 44 heavy (non-hydrogen) atoms. The van der Waals surface area contributed by atoms with E-state index in [1.807, 2.05) is 12.1 Å². The summed E-state index contributed by atoms with van der Waals surface area (Å²) >= 11 is 0. The number of para-hydroxylation sites is 2. The number of benzene rings is 3. The monoisotopic (exact) mass is 598 g/mol. The van der Waals surface area contributed by atoms with Crippen LogP contribution in [0.2, 0.25) is 0 Å². The first-order valence-electron chi connectivity index (χ1n) is 13.9. The lowest BCUT2D eigenvalue weighted by Gasteiger charge is -2.34. The molecule has 2 unspecified atom stereocenters. The van der Waals surface area contributed by atoms with Gasteiger partial charge in [0.25, 0.3) is 0 Å². The van der Waals surface area contributed by atoms with Gasteiger partial charge in [0.1, 0.15) is 0 Å². The van der Waals surface area contributed by atoms with Gasteiger partial charge >= 0.3 is 24.0 Å².